The van der Waals surface area contributed by atoms with Gasteiger partial charge in [-0.25, -0.2) is 9.89 Å². The Labute approximate surface area is 122 Å². The Morgan fingerprint density at radius 3 is 2.85 bits per heavy atom. The number of H-pyrrole nitrogens is 1. The first-order valence-corrected chi connectivity index (χ1v) is 7.47. The van der Waals surface area contributed by atoms with Crippen molar-refractivity contribution < 1.29 is 0 Å². The average Bonchev–Trinajstić information content (AvgIpc) is 2.73. The van der Waals surface area contributed by atoms with Gasteiger partial charge in [-0.2, -0.15) is 0 Å². The fourth-order valence-electron chi connectivity index (χ4n) is 1.92. The number of hydrogen-bond donors (Lipinski definition) is 2. The summed E-state index contributed by atoms with van der Waals surface area (Å²) in [6.07, 6.45) is 1.78. The van der Waals surface area contributed by atoms with E-state index in [0.717, 1.165) is 17.7 Å². The minimum Gasteiger partial charge on any atom is -0.327 e. The van der Waals surface area contributed by atoms with Crippen molar-refractivity contribution in [1.82, 2.24) is 14.8 Å². The highest BCUT2D eigenvalue weighted by molar-refractivity contribution is 7.99. The lowest BCUT2D eigenvalue weighted by molar-refractivity contribution is 0.640. The van der Waals surface area contributed by atoms with Crippen LogP contribution in [0.25, 0.3) is 0 Å². The second-order valence-corrected chi connectivity index (χ2v) is 5.97. The number of rotatable bonds is 5. The molecule has 0 bridgehead atoms. The van der Waals surface area contributed by atoms with Crippen molar-refractivity contribution in [1.29, 1.82) is 0 Å². The van der Waals surface area contributed by atoms with E-state index in [9.17, 15) is 4.79 Å². The molecule has 0 radical (unpaired) electrons. The van der Waals surface area contributed by atoms with Gasteiger partial charge in [0, 0.05) is 18.0 Å². The van der Waals surface area contributed by atoms with Crippen LogP contribution in [0.1, 0.15) is 24.5 Å². The predicted molar refractivity (Wildman–Crippen MR) is 81.1 cm³/mol. The lowest BCUT2D eigenvalue weighted by Gasteiger charge is -2.13. The van der Waals surface area contributed by atoms with Gasteiger partial charge in [0.2, 0.25) is 0 Å². The molecule has 108 valence electrons. The van der Waals surface area contributed by atoms with Crippen molar-refractivity contribution in [3.8, 4) is 0 Å². The van der Waals surface area contributed by atoms with Crippen LogP contribution >= 0.6 is 11.8 Å². The van der Waals surface area contributed by atoms with E-state index in [4.69, 9.17) is 5.73 Å². The number of nitrogens with zero attached hydrogens (tertiary/aromatic N) is 2. The summed E-state index contributed by atoms with van der Waals surface area (Å²) < 4.78 is 1.51. The van der Waals surface area contributed by atoms with Crippen molar-refractivity contribution >= 4 is 11.8 Å². The van der Waals surface area contributed by atoms with Gasteiger partial charge >= 0.3 is 5.69 Å². The third-order valence-corrected chi connectivity index (χ3v) is 4.43. The maximum atomic E-state index is 11.4. The number of aromatic nitrogens is 3. The Hall–Kier alpha value is -1.53. The van der Waals surface area contributed by atoms with Crippen molar-refractivity contribution in [3.05, 3.63) is 39.8 Å². The molecule has 0 fully saturated rings. The molecule has 1 aromatic heterocycles. The zero-order chi connectivity index (χ0) is 14.7. The van der Waals surface area contributed by atoms with Gasteiger partial charge in [0.1, 0.15) is 0 Å². The van der Waals surface area contributed by atoms with E-state index in [1.807, 2.05) is 0 Å². The molecule has 1 heterocycles. The largest absolute Gasteiger partial charge is 0.343 e. The normalized spacial score (nSPS) is 12.6. The Morgan fingerprint density at radius 1 is 1.50 bits per heavy atom. The highest BCUT2D eigenvalue weighted by atomic mass is 32.2. The summed E-state index contributed by atoms with van der Waals surface area (Å²) in [5.41, 5.74) is 8.28. The van der Waals surface area contributed by atoms with Gasteiger partial charge in [-0.3, -0.25) is 4.57 Å². The molecule has 0 amide bonds. The predicted octanol–water partition coefficient (Wildman–Crippen LogP) is 1.85. The lowest BCUT2D eigenvalue weighted by Crippen LogP contribution is -2.21. The van der Waals surface area contributed by atoms with Crippen molar-refractivity contribution in [3.63, 3.8) is 0 Å². The smallest absolute Gasteiger partial charge is 0.327 e. The second-order valence-electron chi connectivity index (χ2n) is 4.96. The van der Waals surface area contributed by atoms with Crippen LogP contribution in [0.4, 0.5) is 0 Å². The highest BCUT2D eigenvalue weighted by Gasteiger charge is 2.12. The van der Waals surface area contributed by atoms with E-state index >= 15 is 0 Å². The standard InChI is InChI=1S/C14H20N4OS/c1-4-11(15)8-10-7-9(2)5-6-12(10)20-14-17-16-13(19)18(14)3/h5-7,11H,4,8,15H2,1-3H3,(H,16,19). The van der Waals surface area contributed by atoms with Crippen LogP contribution in [-0.4, -0.2) is 20.8 Å². The molecule has 1 atom stereocenters. The topological polar surface area (TPSA) is 76.7 Å². The summed E-state index contributed by atoms with van der Waals surface area (Å²) in [4.78, 5) is 12.5. The molecule has 2 aromatic rings. The monoisotopic (exact) mass is 292 g/mol. The first-order valence-electron chi connectivity index (χ1n) is 6.65. The minimum atomic E-state index is -0.202. The quantitative estimate of drug-likeness (QED) is 0.881. The molecule has 1 unspecified atom stereocenters. The SMILES string of the molecule is CCC(N)Cc1cc(C)ccc1Sc1n[nH]c(=O)n1C. The van der Waals surface area contributed by atoms with E-state index < -0.39 is 0 Å². The van der Waals surface area contributed by atoms with Crippen LogP contribution in [0.5, 0.6) is 0 Å². The van der Waals surface area contributed by atoms with E-state index in [2.05, 4.69) is 42.2 Å². The molecule has 0 aliphatic rings. The summed E-state index contributed by atoms with van der Waals surface area (Å²) in [6, 6.07) is 6.44. The molecular formula is C14H20N4OS. The van der Waals surface area contributed by atoms with Crippen LogP contribution in [0.3, 0.4) is 0 Å². The molecule has 0 aliphatic heterocycles. The van der Waals surface area contributed by atoms with E-state index in [1.54, 1.807) is 7.05 Å². The molecule has 20 heavy (non-hydrogen) atoms. The third kappa shape index (κ3) is 3.32. The Kier molecular flexibility index (Phi) is 4.67. The molecule has 5 nitrogen and oxygen atoms in total. The summed E-state index contributed by atoms with van der Waals surface area (Å²) in [5.74, 6) is 0. The molecule has 1 aromatic carbocycles. The minimum absolute atomic E-state index is 0.152. The number of nitrogens with two attached hydrogens (primary N) is 1. The van der Waals surface area contributed by atoms with Crippen molar-refractivity contribution in [2.45, 2.75) is 42.8 Å². The summed E-state index contributed by atoms with van der Waals surface area (Å²) in [6.45, 7) is 4.16. The maximum absolute atomic E-state index is 11.4. The lowest BCUT2D eigenvalue weighted by atomic mass is 10.0. The fraction of sp³-hybridized carbons (Fsp3) is 0.429. The summed E-state index contributed by atoms with van der Waals surface area (Å²) in [5, 5.41) is 7.14. The van der Waals surface area contributed by atoms with Crippen LogP contribution in [0.2, 0.25) is 0 Å². The average molecular weight is 292 g/mol. The molecular weight excluding hydrogens is 272 g/mol. The second kappa shape index (κ2) is 6.28. The van der Waals surface area contributed by atoms with Crippen LogP contribution in [0, 0.1) is 6.92 Å². The van der Waals surface area contributed by atoms with Gasteiger partial charge in [-0.15, -0.1) is 5.10 Å². The number of hydrogen-bond acceptors (Lipinski definition) is 4. The zero-order valence-corrected chi connectivity index (χ0v) is 12.8. The molecule has 0 spiro atoms. The van der Waals surface area contributed by atoms with E-state index in [-0.39, 0.29) is 11.7 Å². The van der Waals surface area contributed by atoms with Gasteiger partial charge in [-0.05, 0) is 43.2 Å². The fourth-order valence-corrected chi connectivity index (χ4v) is 2.83. The number of benzene rings is 1. The number of nitrogens with one attached hydrogen (secondary N) is 1. The maximum Gasteiger partial charge on any atom is 0.343 e. The molecule has 2 rings (SSSR count). The highest BCUT2D eigenvalue weighted by Crippen LogP contribution is 2.29. The van der Waals surface area contributed by atoms with Crippen LogP contribution in [-0.2, 0) is 13.5 Å². The molecule has 6 heteroatoms. The summed E-state index contributed by atoms with van der Waals surface area (Å²) >= 11 is 1.49. The van der Waals surface area contributed by atoms with Gasteiger partial charge in [-0.1, -0.05) is 24.6 Å². The van der Waals surface area contributed by atoms with Crippen molar-refractivity contribution in [2.75, 3.05) is 0 Å². The molecule has 0 saturated carbocycles. The molecule has 0 aliphatic carbocycles. The Balaban J connectivity index is 2.31. The number of aromatic amines is 1. The zero-order valence-electron chi connectivity index (χ0n) is 12.0. The third-order valence-electron chi connectivity index (χ3n) is 3.26. The Morgan fingerprint density at radius 2 is 2.25 bits per heavy atom. The Bertz CT molecular complexity index is 647. The van der Waals surface area contributed by atoms with Crippen molar-refractivity contribution in [2.24, 2.45) is 12.8 Å². The van der Waals surface area contributed by atoms with Gasteiger partial charge in [0.15, 0.2) is 5.16 Å². The van der Waals surface area contributed by atoms with E-state index in [1.165, 1.54) is 27.5 Å². The van der Waals surface area contributed by atoms with Gasteiger partial charge in [0.05, 0.1) is 0 Å². The summed E-state index contributed by atoms with van der Waals surface area (Å²) in [7, 11) is 1.71. The van der Waals surface area contributed by atoms with Gasteiger partial charge < -0.3 is 5.73 Å². The van der Waals surface area contributed by atoms with Crippen LogP contribution in [0.15, 0.2) is 33.0 Å². The molecule has 3 N–H and O–H groups in total. The molecule has 0 saturated heterocycles. The first kappa shape index (κ1) is 14.9. The van der Waals surface area contributed by atoms with Crippen LogP contribution < -0.4 is 11.4 Å². The first-order chi connectivity index (χ1) is 9.51. The number of aryl methyl sites for hydroxylation is 1. The van der Waals surface area contributed by atoms with E-state index in [0.29, 0.717) is 5.16 Å². The van der Waals surface area contributed by atoms with Gasteiger partial charge in [0.25, 0.3) is 0 Å².